The first-order chi connectivity index (χ1) is 9.84. The number of methoxy groups -OCH3 is 1. The van der Waals surface area contributed by atoms with Crippen molar-refractivity contribution in [2.24, 2.45) is 0 Å². The number of hydrogen-bond donors (Lipinski definition) is 0. The number of nitro groups is 1. The molecule has 0 aliphatic rings. The second kappa shape index (κ2) is 7.67. The van der Waals surface area contributed by atoms with E-state index in [2.05, 4.69) is 0 Å². The summed E-state index contributed by atoms with van der Waals surface area (Å²) in [5, 5.41) is 19.3. The van der Waals surface area contributed by atoms with Gasteiger partial charge in [-0.1, -0.05) is 11.6 Å². The van der Waals surface area contributed by atoms with Gasteiger partial charge in [0, 0.05) is 32.7 Å². The van der Waals surface area contributed by atoms with Crippen molar-refractivity contribution in [1.82, 2.24) is 4.31 Å². The summed E-state index contributed by atoms with van der Waals surface area (Å²) in [6.45, 7) is 0.168. The zero-order valence-corrected chi connectivity index (χ0v) is 13.4. The number of sulfonamides is 1. The van der Waals surface area contributed by atoms with Gasteiger partial charge in [-0.3, -0.25) is 10.1 Å². The number of nitriles is 1. The lowest BCUT2D eigenvalue weighted by molar-refractivity contribution is -0.384. The highest BCUT2D eigenvalue weighted by molar-refractivity contribution is 7.91. The van der Waals surface area contributed by atoms with Gasteiger partial charge in [-0.25, -0.2) is 8.42 Å². The lowest BCUT2D eigenvalue weighted by Gasteiger charge is -2.19. The van der Waals surface area contributed by atoms with Gasteiger partial charge < -0.3 is 4.74 Å². The van der Waals surface area contributed by atoms with Crippen molar-refractivity contribution in [2.75, 3.05) is 26.8 Å². The molecule has 0 saturated heterocycles. The second-order valence-electron chi connectivity index (χ2n) is 3.79. The summed E-state index contributed by atoms with van der Waals surface area (Å²) in [5.74, 6) is 0. The number of halogens is 1. The molecule has 116 valence electrons. The van der Waals surface area contributed by atoms with E-state index in [4.69, 9.17) is 21.6 Å². The Balaban J connectivity index is 3.12. The highest BCUT2D eigenvalue weighted by Crippen LogP contribution is 2.37. The van der Waals surface area contributed by atoms with Gasteiger partial charge in [-0.2, -0.15) is 9.57 Å². The normalized spacial score (nSPS) is 11.5. The van der Waals surface area contributed by atoms with Crippen LogP contribution in [0.4, 0.5) is 5.69 Å². The molecule has 0 aliphatic carbocycles. The maximum absolute atomic E-state index is 12.4. The number of nitrogens with zero attached hydrogens (tertiary/aromatic N) is 3. The van der Waals surface area contributed by atoms with Crippen molar-refractivity contribution in [3.63, 3.8) is 0 Å². The van der Waals surface area contributed by atoms with Crippen molar-refractivity contribution >= 4 is 38.6 Å². The Morgan fingerprint density at radius 3 is 2.71 bits per heavy atom. The molecule has 0 N–H and O–H groups in total. The molecule has 0 amide bonds. The van der Waals surface area contributed by atoms with Crippen LogP contribution in [0.3, 0.4) is 0 Å². The van der Waals surface area contributed by atoms with Crippen molar-refractivity contribution in [1.29, 1.82) is 5.26 Å². The molecule has 21 heavy (non-hydrogen) atoms. The molecule has 0 radical (unpaired) electrons. The summed E-state index contributed by atoms with van der Waals surface area (Å²) in [6, 6.07) is 2.78. The standard InChI is InChI=1S/C10H12ClN3O5S2/c1-19-6-5-13(4-2-3-12)21(17,18)9-7-8(14(15)16)10(11)20-9/h7H,2,4-6H2,1H3. The molecule has 1 rings (SSSR count). The number of hydrogen-bond acceptors (Lipinski definition) is 7. The Morgan fingerprint density at radius 1 is 1.57 bits per heavy atom. The van der Waals surface area contributed by atoms with E-state index in [9.17, 15) is 18.5 Å². The van der Waals surface area contributed by atoms with E-state index in [1.54, 1.807) is 0 Å². The molecule has 11 heteroatoms. The van der Waals surface area contributed by atoms with Crippen LogP contribution >= 0.6 is 22.9 Å². The highest BCUT2D eigenvalue weighted by Gasteiger charge is 2.30. The summed E-state index contributed by atoms with van der Waals surface area (Å²) in [5.41, 5.74) is -0.452. The van der Waals surface area contributed by atoms with Crippen LogP contribution in [0.25, 0.3) is 0 Å². The van der Waals surface area contributed by atoms with Crippen LogP contribution in [-0.2, 0) is 14.8 Å². The van der Waals surface area contributed by atoms with Crippen LogP contribution in [0, 0.1) is 21.4 Å². The average Bonchev–Trinajstić information content (AvgIpc) is 2.81. The molecule has 0 atom stereocenters. The zero-order chi connectivity index (χ0) is 16.0. The third-order valence-electron chi connectivity index (χ3n) is 2.45. The molecule has 1 aromatic rings. The van der Waals surface area contributed by atoms with E-state index in [0.29, 0.717) is 11.3 Å². The summed E-state index contributed by atoms with van der Waals surface area (Å²) >= 11 is 6.29. The van der Waals surface area contributed by atoms with Gasteiger partial charge in [0.15, 0.2) is 4.34 Å². The summed E-state index contributed by atoms with van der Waals surface area (Å²) in [6.07, 6.45) is 0.00411. The van der Waals surface area contributed by atoms with E-state index in [0.717, 1.165) is 10.4 Å². The van der Waals surface area contributed by atoms with Crippen LogP contribution in [0.1, 0.15) is 6.42 Å². The monoisotopic (exact) mass is 353 g/mol. The molecule has 0 saturated carbocycles. The van der Waals surface area contributed by atoms with E-state index in [-0.39, 0.29) is 34.7 Å². The molecule has 1 aromatic heterocycles. The molecule has 0 aliphatic heterocycles. The maximum atomic E-state index is 12.4. The molecule has 0 unspecified atom stereocenters. The first-order valence-corrected chi connectivity index (χ1v) is 8.27. The topological polar surface area (TPSA) is 114 Å². The Labute approximate surface area is 130 Å². The minimum Gasteiger partial charge on any atom is -0.383 e. The summed E-state index contributed by atoms with van der Waals surface area (Å²) < 4.78 is 30.3. The van der Waals surface area contributed by atoms with E-state index >= 15 is 0 Å². The number of ether oxygens (including phenoxy) is 1. The van der Waals surface area contributed by atoms with Gasteiger partial charge in [-0.15, -0.1) is 11.3 Å². The van der Waals surface area contributed by atoms with Crippen molar-refractivity contribution in [3.05, 3.63) is 20.5 Å². The van der Waals surface area contributed by atoms with Crippen molar-refractivity contribution < 1.29 is 18.1 Å². The van der Waals surface area contributed by atoms with Crippen LogP contribution in [0.2, 0.25) is 4.34 Å². The van der Waals surface area contributed by atoms with Crippen LogP contribution in [0.15, 0.2) is 10.3 Å². The number of thiophene rings is 1. The van der Waals surface area contributed by atoms with Crippen LogP contribution in [-0.4, -0.2) is 44.5 Å². The minimum absolute atomic E-state index is 0.00411. The smallest absolute Gasteiger partial charge is 0.300 e. The van der Waals surface area contributed by atoms with Crippen molar-refractivity contribution in [2.45, 2.75) is 10.6 Å². The third-order valence-corrected chi connectivity index (χ3v) is 6.14. The summed E-state index contributed by atoms with van der Waals surface area (Å²) in [7, 11) is -2.53. The molecule has 1 heterocycles. The van der Waals surface area contributed by atoms with E-state index < -0.39 is 20.6 Å². The van der Waals surface area contributed by atoms with Gasteiger partial charge in [0.1, 0.15) is 4.21 Å². The Hall–Kier alpha value is -1.25. The lowest BCUT2D eigenvalue weighted by atomic mass is 10.4. The quantitative estimate of drug-likeness (QED) is 0.520. The predicted octanol–water partition coefficient (Wildman–Crippen LogP) is 1.86. The van der Waals surface area contributed by atoms with E-state index in [1.165, 1.54) is 7.11 Å². The zero-order valence-electron chi connectivity index (χ0n) is 11.0. The SMILES string of the molecule is COCCN(CCC#N)S(=O)(=O)c1cc([N+](=O)[O-])c(Cl)s1. The largest absolute Gasteiger partial charge is 0.383 e. The molecular formula is C10H12ClN3O5S2. The molecule has 8 nitrogen and oxygen atoms in total. The average molecular weight is 354 g/mol. The molecule has 0 spiro atoms. The van der Waals surface area contributed by atoms with Crippen LogP contribution < -0.4 is 0 Å². The number of rotatable bonds is 8. The van der Waals surface area contributed by atoms with Gasteiger partial charge in [0.25, 0.3) is 15.7 Å². The minimum atomic E-state index is -3.95. The summed E-state index contributed by atoms with van der Waals surface area (Å²) in [4.78, 5) is 9.99. The second-order valence-corrected chi connectivity index (χ2v) is 7.61. The molecule has 0 bridgehead atoms. The Kier molecular flexibility index (Phi) is 6.50. The Morgan fingerprint density at radius 2 is 2.24 bits per heavy atom. The highest BCUT2D eigenvalue weighted by atomic mass is 35.5. The first kappa shape index (κ1) is 17.8. The first-order valence-electron chi connectivity index (χ1n) is 5.64. The van der Waals surface area contributed by atoms with Crippen molar-refractivity contribution in [3.8, 4) is 6.07 Å². The molecular weight excluding hydrogens is 342 g/mol. The fourth-order valence-corrected chi connectivity index (χ4v) is 4.68. The van der Waals surface area contributed by atoms with Gasteiger partial charge >= 0.3 is 0 Å². The maximum Gasteiger partial charge on any atom is 0.300 e. The van der Waals surface area contributed by atoms with E-state index in [1.807, 2.05) is 6.07 Å². The molecule has 0 aromatic carbocycles. The predicted molar refractivity (Wildman–Crippen MR) is 76.8 cm³/mol. The fourth-order valence-electron chi connectivity index (χ4n) is 1.44. The van der Waals surface area contributed by atoms with Gasteiger partial charge in [0.2, 0.25) is 0 Å². The fraction of sp³-hybridized carbons (Fsp3) is 0.500. The third kappa shape index (κ3) is 4.36. The molecule has 0 fully saturated rings. The van der Waals surface area contributed by atoms with Gasteiger partial charge in [0.05, 0.1) is 17.6 Å². The lowest BCUT2D eigenvalue weighted by Crippen LogP contribution is -2.34. The Bertz CT molecular complexity index is 652. The van der Waals surface area contributed by atoms with Crippen LogP contribution in [0.5, 0.6) is 0 Å². The van der Waals surface area contributed by atoms with Gasteiger partial charge in [-0.05, 0) is 0 Å².